The zero-order valence-electron chi connectivity index (χ0n) is 73.2. The molecule has 0 unspecified atom stereocenters. The van der Waals surface area contributed by atoms with Crippen LogP contribution in [0.2, 0.25) is 0 Å². The van der Waals surface area contributed by atoms with Crippen molar-refractivity contribution in [3.8, 4) is 122 Å². The van der Waals surface area contributed by atoms with Crippen LogP contribution in [0, 0.1) is 11.6 Å². The molecular weight excluding hydrogens is 1580 g/mol. The standard InChI is InChI=1S/C126H90F2N2/c1-123(2,3)89-58-66-106-107-67-59-90(124(4,5)6)76-116(107)126(115(106)75-89)114-51-18-13-43-105(114)109-69-65-96(78-118(109)126)130(94-62-55-81(56-63-94)99-45-24-30-83-32-26-47-101(122(83)99)88-36-22-38-92(128)73-88)120-70-57-85(74-110(120)79-27-8-7-9-28-79)84-33-20-34-86(71-84)97-39-14-19-52-119(97)129(93-60-53-80(54-61-93)98-44-23-29-82-31-25-46-100(121(82)98)87-35-21-37-91(127)72-87)95-64-68-108-104-42-12-17-50-113(104)125(117(108)77-95)111-48-15-10-40-102(111)103-41-11-16-49-112(103)125/h7-78H,1-6H3. The number of rotatable bonds is 13. The first-order valence-electron chi connectivity index (χ1n) is 45.3. The van der Waals surface area contributed by atoms with Gasteiger partial charge in [-0.25, -0.2) is 8.78 Å². The summed E-state index contributed by atoms with van der Waals surface area (Å²) in [6.07, 6.45) is 0. The Morgan fingerprint density at radius 1 is 0.185 bits per heavy atom. The topological polar surface area (TPSA) is 6.48 Å². The maximum absolute atomic E-state index is 15.3. The third-order valence-corrected chi connectivity index (χ3v) is 28.3. The first kappa shape index (κ1) is 77.9. The van der Waals surface area contributed by atoms with Crippen LogP contribution in [0.15, 0.2) is 437 Å². The lowest BCUT2D eigenvalue weighted by atomic mass is 9.68. The van der Waals surface area contributed by atoms with E-state index < -0.39 is 10.8 Å². The van der Waals surface area contributed by atoms with Gasteiger partial charge in [0.25, 0.3) is 0 Å². The Hall–Kier alpha value is -15.6. The van der Waals surface area contributed by atoms with Crippen LogP contribution < -0.4 is 9.80 Å². The molecule has 24 rings (SSSR count). The van der Waals surface area contributed by atoms with Crippen molar-refractivity contribution in [1.82, 2.24) is 0 Å². The number of para-hydroxylation sites is 1. The third-order valence-electron chi connectivity index (χ3n) is 28.3. The highest BCUT2D eigenvalue weighted by Gasteiger charge is 2.54. The van der Waals surface area contributed by atoms with Crippen molar-refractivity contribution >= 4 is 55.7 Å². The van der Waals surface area contributed by atoms with Gasteiger partial charge in [-0.05, 0) is 296 Å². The van der Waals surface area contributed by atoms with Gasteiger partial charge >= 0.3 is 0 Å². The lowest BCUT2D eigenvalue weighted by Gasteiger charge is -2.34. The predicted octanol–water partition coefficient (Wildman–Crippen LogP) is 34.2. The van der Waals surface area contributed by atoms with Crippen molar-refractivity contribution in [1.29, 1.82) is 0 Å². The summed E-state index contributed by atoms with van der Waals surface area (Å²) >= 11 is 0. The van der Waals surface area contributed by atoms with Crippen LogP contribution in [0.5, 0.6) is 0 Å². The van der Waals surface area contributed by atoms with Crippen LogP contribution in [0.25, 0.3) is 144 Å². The van der Waals surface area contributed by atoms with Crippen LogP contribution in [0.1, 0.15) is 97.2 Å². The summed E-state index contributed by atoms with van der Waals surface area (Å²) in [7, 11) is 0. The van der Waals surface area contributed by atoms with E-state index in [0.717, 1.165) is 134 Å². The summed E-state index contributed by atoms with van der Waals surface area (Å²) in [4.78, 5) is 4.98. The van der Waals surface area contributed by atoms with Gasteiger partial charge in [-0.1, -0.05) is 381 Å². The Kier molecular flexibility index (Phi) is 18.0. The van der Waals surface area contributed by atoms with E-state index in [9.17, 15) is 0 Å². The van der Waals surface area contributed by atoms with Crippen LogP contribution in [0.3, 0.4) is 0 Å². The summed E-state index contributed by atoms with van der Waals surface area (Å²) in [5, 5.41) is 4.31. The van der Waals surface area contributed by atoms with Gasteiger partial charge in [0.05, 0.1) is 22.2 Å². The molecule has 0 bridgehead atoms. The molecule has 20 aromatic rings. The Labute approximate surface area is 758 Å². The number of halogens is 2. The lowest BCUT2D eigenvalue weighted by Crippen LogP contribution is -2.27. The number of benzene rings is 20. The van der Waals surface area contributed by atoms with Gasteiger partial charge in [0.1, 0.15) is 11.6 Å². The fourth-order valence-electron chi connectivity index (χ4n) is 22.4. The molecule has 0 aromatic heterocycles. The molecule has 4 aliphatic carbocycles. The molecule has 4 heteroatoms. The van der Waals surface area contributed by atoms with Crippen molar-refractivity contribution in [2.75, 3.05) is 9.80 Å². The Balaban J connectivity index is 0.686. The average molecular weight is 1670 g/mol. The van der Waals surface area contributed by atoms with E-state index in [4.69, 9.17) is 0 Å². The van der Waals surface area contributed by atoms with Crippen molar-refractivity contribution in [2.45, 2.75) is 63.2 Å². The number of fused-ring (bicyclic) bond motifs is 22. The minimum atomic E-state index is -0.669. The average Bonchev–Trinajstić information content (AvgIpc) is 1.49. The number of anilines is 6. The zero-order valence-corrected chi connectivity index (χ0v) is 73.2. The summed E-state index contributed by atoms with van der Waals surface area (Å²) < 4.78 is 30.5. The van der Waals surface area contributed by atoms with E-state index in [1.807, 2.05) is 12.1 Å². The van der Waals surface area contributed by atoms with Crippen molar-refractivity contribution in [3.05, 3.63) is 504 Å². The molecule has 4 aliphatic rings. The molecule has 0 N–H and O–H groups in total. The number of nitrogens with zero attached hydrogens (tertiary/aromatic N) is 2. The molecule has 0 heterocycles. The van der Waals surface area contributed by atoms with Gasteiger partial charge in [0.2, 0.25) is 0 Å². The summed E-state index contributed by atoms with van der Waals surface area (Å²) in [6, 6.07) is 159. The fraction of sp³-hybridized carbons (Fsp3) is 0.0794. The molecule has 20 aromatic carbocycles. The van der Waals surface area contributed by atoms with E-state index in [-0.39, 0.29) is 22.5 Å². The highest BCUT2D eigenvalue weighted by Crippen LogP contribution is 2.67. The summed E-state index contributed by atoms with van der Waals surface area (Å²) in [5.74, 6) is -0.533. The molecule has 0 saturated heterocycles. The van der Waals surface area contributed by atoms with Crippen molar-refractivity contribution in [2.24, 2.45) is 0 Å². The van der Waals surface area contributed by atoms with Crippen LogP contribution >= 0.6 is 0 Å². The fourth-order valence-corrected chi connectivity index (χ4v) is 22.4. The zero-order chi connectivity index (χ0) is 87.5. The molecule has 130 heavy (non-hydrogen) atoms. The van der Waals surface area contributed by atoms with E-state index in [1.54, 1.807) is 24.3 Å². The SMILES string of the molecule is CC(C)(C)c1ccc2c(c1)C1(c3ccccc3-c3ccc(N(c4ccc(-c5cccc6cccc(-c7cccc(F)c7)c56)cc4)c4ccc(-c5cccc(-c6ccccc6N(c6ccc(-c7cccc8cccc(-c9cccc(F)c9)c78)cc6)c6ccc7c(c6)C6(c8ccccc8-c8ccccc86)c6ccccc6-7)c5)cc4-c4ccccc4)cc31)c1cc(C(C)(C)C)ccc1-2. The highest BCUT2D eigenvalue weighted by molar-refractivity contribution is 6.09. The minimum absolute atomic E-state index is 0.122. The molecule has 2 spiro atoms. The highest BCUT2D eigenvalue weighted by atomic mass is 19.1. The van der Waals surface area contributed by atoms with E-state index >= 15 is 8.78 Å². The quantitative estimate of drug-likeness (QED) is 0.114. The first-order valence-corrected chi connectivity index (χ1v) is 45.3. The van der Waals surface area contributed by atoms with Crippen LogP contribution in [-0.2, 0) is 21.7 Å². The molecule has 0 atom stereocenters. The summed E-state index contributed by atoms with van der Waals surface area (Å²) in [6.45, 7) is 14.0. The second-order valence-electron chi connectivity index (χ2n) is 37.6. The number of hydrogen-bond donors (Lipinski definition) is 0. The molecule has 0 aliphatic heterocycles. The third kappa shape index (κ3) is 12.2. The molecule has 0 saturated carbocycles. The smallest absolute Gasteiger partial charge is 0.123 e. The predicted molar refractivity (Wildman–Crippen MR) is 539 cm³/mol. The van der Waals surface area contributed by atoms with Crippen molar-refractivity contribution < 1.29 is 8.78 Å². The number of hydrogen-bond acceptors (Lipinski definition) is 2. The van der Waals surface area contributed by atoms with Gasteiger partial charge in [0.15, 0.2) is 0 Å². The van der Waals surface area contributed by atoms with Crippen LogP contribution in [-0.4, -0.2) is 0 Å². The molecule has 2 nitrogen and oxygen atoms in total. The molecule has 0 amide bonds. The Morgan fingerprint density at radius 3 is 0.908 bits per heavy atom. The van der Waals surface area contributed by atoms with E-state index in [1.165, 1.54) is 112 Å². The van der Waals surface area contributed by atoms with Gasteiger partial charge in [-0.15, -0.1) is 0 Å². The molecule has 618 valence electrons. The van der Waals surface area contributed by atoms with Gasteiger partial charge < -0.3 is 9.80 Å². The van der Waals surface area contributed by atoms with Crippen LogP contribution in [0.4, 0.5) is 42.9 Å². The maximum Gasteiger partial charge on any atom is 0.123 e. The Morgan fingerprint density at radius 2 is 0.477 bits per heavy atom. The lowest BCUT2D eigenvalue weighted by molar-refractivity contribution is 0.586. The normalized spacial score (nSPS) is 13.2. The summed E-state index contributed by atoms with van der Waals surface area (Å²) in [5.41, 5.74) is 41.7. The molecule has 0 fully saturated rings. The molecular formula is C126H90F2N2. The monoisotopic (exact) mass is 1670 g/mol. The first-order chi connectivity index (χ1) is 63.5. The van der Waals surface area contributed by atoms with Gasteiger partial charge in [-0.2, -0.15) is 0 Å². The van der Waals surface area contributed by atoms with E-state index in [0.29, 0.717) is 0 Å². The Bertz CT molecular complexity index is 7900. The largest absolute Gasteiger partial charge is 0.310 e. The van der Waals surface area contributed by atoms with Gasteiger partial charge in [-0.3, -0.25) is 0 Å². The van der Waals surface area contributed by atoms with E-state index in [2.05, 4.69) is 440 Å². The molecule has 0 radical (unpaired) electrons. The van der Waals surface area contributed by atoms with Gasteiger partial charge in [0, 0.05) is 33.9 Å². The minimum Gasteiger partial charge on any atom is -0.310 e. The van der Waals surface area contributed by atoms with Crippen molar-refractivity contribution in [3.63, 3.8) is 0 Å². The maximum atomic E-state index is 15.3. The second kappa shape index (κ2) is 30.0. The second-order valence-corrected chi connectivity index (χ2v) is 37.6.